The first-order valence-electron chi connectivity index (χ1n) is 15.1. The highest BCUT2D eigenvalue weighted by Gasteiger charge is 2.31. The number of pyridine rings is 1. The van der Waals surface area contributed by atoms with Crippen LogP contribution in [-0.4, -0.2) is 52.8 Å². The Bertz CT molecular complexity index is 1780. The summed E-state index contributed by atoms with van der Waals surface area (Å²) in [6, 6.07) is 17.5. The third-order valence-electron chi connectivity index (χ3n) is 7.92. The summed E-state index contributed by atoms with van der Waals surface area (Å²) in [5.74, 6) is 1.48. The highest BCUT2D eigenvalue weighted by Crippen LogP contribution is 2.30. The normalized spacial score (nSPS) is 15.8. The number of hydrogen-bond donors (Lipinski definition) is 3. The molecule has 0 aliphatic heterocycles. The predicted octanol–water partition coefficient (Wildman–Crippen LogP) is 4.69. The lowest BCUT2D eigenvalue weighted by molar-refractivity contribution is 0.240. The molecule has 13 nitrogen and oxygen atoms in total. The smallest absolute Gasteiger partial charge is 0.323 e. The number of benzene rings is 1. The first-order chi connectivity index (χ1) is 22.6. The van der Waals surface area contributed by atoms with Gasteiger partial charge in [-0.15, -0.1) is 0 Å². The number of anilines is 3. The van der Waals surface area contributed by atoms with E-state index in [2.05, 4.69) is 47.1 Å². The monoisotopic (exact) mass is 614 g/mol. The van der Waals surface area contributed by atoms with E-state index >= 15 is 0 Å². The van der Waals surface area contributed by atoms with Gasteiger partial charge in [0, 0.05) is 55.4 Å². The number of urea groups is 1. The van der Waals surface area contributed by atoms with E-state index in [0.29, 0.717) is 36.2 Å². The number of carbonyl (C=O) groups excluding carboxylic acids is 1. The van der Waals surface area contributed by atoms with E-state index in [1.165, 1.54) is 12.5 Å². The molecule has 1 aliphatic carbocycles. The number of carbonyl (C=O) groups is 1. The number of hydrogen-bond acceptors (Lipinski definition) is 10. The summed E-state index contributed by atoms with van der Waals surface area (Å²) in [6.45, 7) is 0.822. The van der Waals surface area contributed by atoms with Gasteiger partial charge in [0.05, 0.1) is 24.6 Å². The molecule has 5 aromatic rings. The van der Waals surface area contributed by atoms with Crippen molar-refractivity contribution in [3.8, 4) is 17.2 Å². The lowest BCUT2D eigenvalue weighted by Crippen LogP contribution is -2.49. The second kappa shape index (κ2) is 14.3. The number of rotatable bonds is 10. The van der Waals surface area contributed by atoms with Gasteiger partial charge in [0.2, 0.25) is 5.95 Å². The van der Waals surface area contributed by atoms with Gasteiger partial charge in [0.15, 0.2) is 0 Å². The van der Waals surface area contributed by atoms with Crippen LogP contribution in [0.15, 0.2) is 85.8 Å². The van der Waals surface area contributed by atoms with Crippen molar-refractivity contribution in [2.45, 2.75) is 50.9 Å². The Labute approximate surface area is 266 Å². The number of nitriles is 1. The van der Waals surface area contributed by atoms with Gasteiger partial charge in [-0.1, -0.05) is 30.3 Å². The van der Waals surface area contributed by atoms with Crippen LogP contribution < -0.4 is 20.9 Å². The second-order valence-electron chi connectivity index (χ2n) is 11.1. The van der Waals surface area contributed by atoms with E-state index in [0.717, 1.165) is 48.1 Å². The Kier molecular flexibility index (Phi) is 9.34. The van der Waals surface area contributed by atoms with Crippen molar-refractivity contribution in [3.63, 3.8) is 0 Å². The van der Waals surface area contributed by atoms with Gasteiger partial charge in [-0.2, -0.15) is 15.3 Å². The topological polar surface area (TPSA) is 162 Å². The number of amides is 2. The molecule has 46 heavy (non-hydrogen) atoms. The van der Waals surface area contributed by atoms with Crippen LogP contribution in [-0.2, 0) is 20.1 Å². The zero-order chi connectivity index (χ0) is 31.7. The molecule has 4 heterocycles. The molecule has 1 aromatic carbocycles. The molecular formula is C33H34N12O. The summed E-state index contributed by atoms with van der Waals surface area (Å²) in [4.78, 5) is 37.3. The average Bonchev–Trinajstić information content (AvgIpc) is 3.54. The summed E-state index contributed by atoms with van der Waals surface area (Å²) in [5.41, 5.74) is 4.05. The minimum Gasteiger partial charge on any atom is -0.363 e. The molecule has 0 atom stereocenters. The molecule has 6 rings (SSSR count). The number of nitrogens with one attached hydrogen (secondary N) is 3. The summed E-state index contributed by atoms with van der Waals surface area (Å²) < 4.78 is 1.75. The lowest BCUT2D eigenvalue weighted by Gasteiger charge is -2.36. The summed E-state index contributed by atoms with van der Waals surface area (Å²) in [5, 5.41) is 23.5. The molecule has 0 unspecified atom stereocenters. The van der Waals surface area contributed by atoms with Crippen molar-refractivity contribution >= 4 is 23.6 Å². The maximum atomic E-state index is 13.7. The second-order valence-corrected chi connectivity index (χ2v) is 11.1. The molecule has 0 bridgehead atoms. The number of aromatic nitrogens is 7. The average molecular weight is 615 g/mol. The van der Waals surface area contributed by atoms with E-state index in [1.807, 2.05) is 55.7 Å². The Morgan fingerprint density at radius 2 is 1.83 bits per heavy atom. The molecule has 4 aromatic heterocycles. The molecule has 0 spiro atoms. The van der Waals surface area contributed by atoms with Crippen LogP contribution in [0.25, 0.3) is 11.1 Å². The van der Waals surface area contributed by atoms with Gasteiger partial charge in [-0.25, -0.2) is 24.7 Å². The van der Waals surface area contributed by atoms with E-state index in [-0.39, 0.29) is 18.1 Å². The summed E-state index contributed by atoms with van der Waals surface area (Å²) in [6.07, 6.45) is 13.3. The maximum absolute atomic E-state index is 13.7. The molecule has 3 N–H and O–H groups in total. The molecular weight excluding hydrogens is 580 g/mol. The fraction of sp³-hybridized carbons (Fsp3) is 0.273. The van der Waals surface area contributed by atoms with Gasteiger partial charge in [0.25, 0.3) is 0 Å². The molecule has 1 saturated carbocycles. The van der Waals surface area contributed by atoms with Crippen molar-refractivity contribution in [2.75, 3.05) is 15.5 Å². The van der Waals surface area contributed by atoms with Gasteiger partial charge >= 0.3 is 6.03 Å². The van der Waals surface area contributed by atoms with Crippen LogP contribution in [0, 0.1) is 11.3 Å². The third kappa shape index (κ3) is 7.41. The SMILES string of the molecule is Cn1cc(-c2ccc(N(C(=O)NCc3ccccc3)C3CCC(Nc4ncc(C#N)c(NCc5ccncn5)n4)CC3)nc2)cn1. The first-order valence-corrected chi connectivity index (χ1v) is 15.1. The molecule has 1 aliphatic rings. The lowest BCUT2D eigenvalue weighted by atomic mass is 9.90. The highest BCUT2D eigenvalue weighted by atomic mass is 16.2. The fourth-order valence-corrected chi connectivity index (χ4v) is 5.51. The molecule has 2 amide bonds. The minimum atomic E-state index is -0.184. The van der Waals surface area contributed by atoms with Crippen molar-refractivity contribution in [2.24, 2.45) is 7.05 Å². The van der Waals surface area contributed by atoms with Crippen LogP contribution in [0.1, 0.15) is 42.5 Å². The summed E-state index contributed by atoms with van der Waals surface area (Å²) >= 11 is 0. The van der Waals surface area contributed by atoms with E-state index in [1.54, 1.807) is 34.2 Å². The molecule has 0 saturated heterocycles. The van der Waals surface area contributed by atoms with E-state index in [9.17, 15) is 10.1 Å². The number of aryl methyl sites for hydroxylation is 1. The van der Waals surface area contributed by atoms with E-state index in [4.69, 9.17) is 4.98 Å². The Hall–Kier alpha value is -5.90. The first kappa shape index (κ1) is 30.1. The van der Waals surface area contributed by atoms with Crippen LogP contribution in [0.5, 0.6) is 0 Å². The molecule has 232 valence electrons. The minimum absolute atomic E-state index is 0.0439. The third-order valence-corrected chi connectivity index (χ3v) is 7.92. The van der Waals surface area contributed by atoms with Crippen molar-refractivity contribution in [1.29, 1.82) is 5.26 Å². The standard InChI is InChI=1S/C33H34N12O/c1-44-21-26(19-41-44)24-7-12-30(36-17-24)45(33(46)39-16-23-5-3-2-4-6-23)29-10-8-27(9-11-29)42-32-38-18-25(15-34)31(43-32)37-20-28-13-14-35-22-40-28/h2-7,12-14,17-19,21-22,27,29H,8-11,16,20H2,1H3,(H,39,46)(H2,37,38,42,43). The number of nitrogens with zero attached hydrogens (tertiary/aromatic N) is 9. The Balaban J connectivity index is 1.13. The predicted molar refractivity (Wildman–Crippen MR) is 173 cm³/mol. The van der Waals surface area contributed by atoms with Crippen LogP contribution in [0.4, 0.5) is 22.4 Å². The van der Waals surface area contributed by atoms with Gasteiger partial charge in [-0.3, -0.25) is 9.58 Å². The van der Waals surface area contributed by atoms with Crippen LogP contribution >= 0.6 is 0 Å². The zero-order valence-corrected chi connectivity index (χ0v) is 25.4. The van der Waals surface area contributed by atoms with Gasteiger partial charge in [-0.05, 0) is 49.4 Å². The Morgan fingerprint density at radius 3 is 2.52 bits per heavy atom. The van der Waals surface area contributed by atoms with Crippen LogP contribution in [0.3, 0.4) is 0 Å². The van der Waals surface area contributed by atoms with Crippen molar-refractivity contribution < 1.29 is 4.79 Å². The largest absolute Gasteiger partial charge is 0.363 e. The Morgan fingerprint density at radius 1 is 0.978 bits per heavy atom. The van der Waals surface area contributed by atoms with Gasteiger partial charge < -0.3 is 16.0 Å². The van der Waals surface area contributed by atoms with Crippen molar-refractivity contribution in [3.05, 3.63) is 103 Å². The van der Waals surface area contributed by atoms with Crippen LogP contribution in [0.2, 0.25) is 0 Å². The maximum Gasteiger partial charge on any atom is 0.323 e. The molecule has 1 fully saturated rings. The van der Waals surface area contributed by atoms with Crippen molar-refractivity contribution in [1.82, 2.24) is 40.0 Å². The molecule has 0 radical (unpaired) electrons. The fourth-order valence-electron chi connectivity index (χ4n) is 5.51. The zero-order valence-electron chi connectivity index (χ0n) is 25.4. The van der Waals surface area contributed by atoms with E-state index < -0.39 is 0 Å². The summed E-state index contributed by atoms with van der Waals surface area (Å²) in [7, 11) is 1.88. The molecule has 13 heteroatoms. The quantitative estimate of drug-likeness (QED) is 0.201. The van der Waals surface area contributed by atoms with Gasteiger partial charge in [0.1, 0.15) is 29.6 Å². The highest BCUT2D eigenvalue weighted by molar-refractivity contribution is 5.91.